The van der Waals surface area contributed by atoms with Gasteiger partial charge in [0.1, 0.15) is 4.90 Å². The van der Waals surface area contributed by atoms with Crippen molar-refractivity contribution in [3.8, 4) is 0 Å². The van der Waals surface area contributed by atoms with Crippen LogP contribution < -0.4 is 0 Å². The molecule has 0 bridgehead atoms. The highest BCUT2D eigenvalue weighted by molar-refractivity contribution is 7.86. The van der Waals surface area contributed by atoms with Crippen LogP contribution in [0, 0.1) is 0 Å². The van der Waals surface area contributed by atoms with Crippen LogP contribution >= 0.6 is 0 Å². The summed E-state index contributed by atoms with van der Waals surface area (Å²) in [6.07, 6.45) is 2.27. The minimum atomic E-state index is -4.37. The highest BCUT2D eigenvalue weighted by Crippen LogP contribution is 2.40. The van der Waals surface area contributed by atoms with E-state index >= 15 is 0 Å². The number of carboxylic acids is 1. The summed E-state index contributed by atoms with van der Waals surface area (Å²) in [6, 6.07) is 14.1. The summed E-state index contributed by atoms with van der Waals surface area (Å²) in [4.78, 5) is 11.8. The Hall–Kier alpha value is -2.70. The molecule has 1 atom stereocenters. The van der Waals surface area contributed by atoms with Crippen molar-refractivity contribution in [2.75, 3.05) is 0 Å². The van der Waals surface area contributed by atoms with Gasteiger partial charge < -0.3 is 5.11 Å². The Labute approximate surface area is 162 Å². The number of hydrogen-bond acceptors (Lipinski definition) is 3. The van der Waals surface area contributed by atoms with Gasteiger partial charge in [0.25, 0.3) is 10.1 Å². The molecule has 0 spiro atoms. The van der Waals surface area contributed by atoms with Crippen LogP contribution in [0.25, 0.3) is 32.3 Å². The van der Waals surface area contributed by atoms with Crippen LogP contribution in [0.5, 0.6) is 0 Å². The average Bonchev–Trinajstić information content (AvgIpc) is 2.65. The van der Waals surface area contributed by atoms with E-state index in [4.69, 9.17) is 0 Å². The molecule has 0 saturated heterocycles. The number of carboxylic acid groups (broad SMARTS) is 1. The molecule has 0 amide bonds. The fraction of sp³-hybridized carbons (Fsp3) is 0.227. The fourth-order valence-corrected chi connectivity index (χ4v) is 4.83. The van der Waals surface area contributed by atoms with Crippen LogP contribution in [-0.4, -0.2) is 24.0 Å². The lowest BCUT2D eigenvalue weighted by atomic mass is 9.86. The number of aliphatic carboxylic acids is 1. The zero-order valence-electron chi connectivity index (χ0n) is 15.3. The molecule has 0 aliphatic rings. The molecule has 0 aromatic heterocycles. The van der Waals surface area contributed by atoms with Gasteiger partial charge in [-0.05, 0) is 45.0 Å². The van der Waals surface area contributed by atoms with E-state index in [2.05, 4.69) is 0 Å². The second-order valence-corrected chi connectivity index (χ2v) is 8.54. The maximum absolute atomic E-state index is 11.9. The number of hydrogen-bond donors (Lipinski definition) is 2. The quantitative estimate of drug-likeness (QED) is 0.346. The Bertz CT molecular complexity index is 1310. The first-order valence-electron chi connectivity index (χ1n) is 9.23. The Morgan fingerprint density at radius 3 is 2.11 bits per heavy atom. The molecule has 6 heteroatoms. The Morgan fingerprint density at radius 2 is 1.50 bits per heavy atom. The monoisotopic (exact) mass is 396 g/mol. The van der Waals surface area contributed by atoms with Gasteiger partial charge in [-0.25, -0.2) is 0 Å². The van der Waals surface area contributed by atoms with Crippen molar-refractivity contribution in [2.24, 2.45) is 0 Å². The van der Waals surface area contributed by atoms with Gasteiger partial charge in [0.15, 0.2) is 0 Å². The largest absolute Gasteiger partial charge is 0.481 e. The number of benzene rings is 4. The lowest BCUT2D eigenvalue weighted by Gasteiger charge is -2.19. The summed E-state index contributed by atoms with van der Waals surface area (Å²) in [6.45, 7) is 2.03. The number of carbonyl (C=O) groups is 1. The lowest BCUT2D eigenvalue weighted by Crippen LogP contribution is -2.12. The molecule has 2 N–H and O–H groups in total. The highest BCUT2D eigenvalue weighted by atomic mass is 32.2. The van der Waals surface area contributed by atoms with Crippen LogP contribution in [0.1, 0.15) is 37.7 Å². The molecule has 5 nitrogen and oxygen atoms in total. The van der Waals surface area contributed by atoms with E-state index in [1.54, 1.807) is 12.1 Å². The van der Waals surface area contributed by atoms with Crippen LogP contribution in [0.2, 0.25) is 0 Å². The van der Waals surface area contributed by atoms with Crippen molar-refractivity contribution in [1.82, 2.24) is 0 Å². The van der Waals surface area contributed by atoms with Gasteiger partial charge in [-0.1, -0.05) is 62.2 Å². The Morgan fingerprint density at radius 1 is 0.929 bits per heavy atom. The predicted molar refractivity (Wildman–Crippen MR) is 110 cm³/mol. The van der Waals surface area contributed by atoms with E-state index in [0.29, 0.717) is 11.8 Å². The molecular weight excluding hydrogens is 376 g/mol. The predicted octanol–water partition coefficient (Wildman–Crippen LogP) is 5.19. The van der Waals surface area contributed by atoms with Gasteiger partial charge in [-0.3, -0.25) is 9.35 Å². The number of rotatable bonds is 6. The molecule has 0 heterocycles. The van der Waals surface area contributed by atoms with Crippen molar-refractivity contribution in [2.45, 2.75) is 37.0 Å². The van der Waals surface area contributed by atoms with Gasteiger partial charge in [0.05, 0.1) is 5.92 Å². The van der Waals surface area contributed by atoms with Gasteiger partial charge in [0.2, 0.25) is 0 Å². The van der Waals surface area contributed by atoms with Crippen LogP contribution in [-0.2, 0) is 14.9 Å². The van der Waals surface area contributed by atoms with E-state index in [1.807, 2.05) is 37.3 Å². The first kappa shape index (κ1) is 18.7. The van der Waals surface area contributed by atoms with Gasteiger partial charge >= 0.3 is 5.97 Å². The Kier molecular flexibility index (Phi) is 4.48. The van der Waals surface area contributed by atoms with E-state index in [9.17, 15) is 22.9 Å². The van der Waals surface area contributed by atoms with Gasteiger partial charge in [-0.2, -0.15) is 8.42 Å². The van der Waals surface area contributed by atoms with Crippen LogP contribution in [0.4, 0.5) is 0 Å². The van der Waals surface area contributed by atoms with Crippen molar-refractivity contribution in [3.63, 3.8) is 0 Å². The molecule has 0 aliphatic heterocycles. The zero-order valence-corrected chi connectivity index (χ0v) is 16.2. The fourth-order valence-electron chi connectivity index (χ4n) is 4.15. The van der Waals surface area contributed by atoms with Gasteiger partial charge in [0, 0.05) is 5.39 Å². The van der Waals surface area contributed by atoms with Crippen LogP contribution in [0.3, 0.4) is 0 Å². The summed E-state index contributed by atoms with van der Waals surface area (Å²) in [5, 5.41) is 14.4. The first-order chi connectivity index (χ1) is 13.3. The Balaban J connectivity index is 2.11. The molecular formula is C22H20O5S. The summed E-state index contributed by atoms with van der Waals surface area (Å²) in [7, 11) is -4.37. The van der Waals surface area contributed by atoms with Gasteiger partial charge in [-0.15, -0.1) is 0 Å². The molecule has 0 aliphatic carbocycles. The molecule has 4 rings (SSSR count). The summed E-state index contributed by atoms with van der Waals surface area (Å²) >= 11 is 0. The topological polar surface area (TPSA) is 91.7 Å². The molecule has 0 radical (unpaired) electrons. The highest BCUT2D eigenvalue weighted by Gasteiger charge is 2.24. The molecule has 0 fully saturated rings. The molecule has 1 unspecified atom stereocenters. The molecule has 144 valence electrons. The summed E-state index contributed by atoms with van der Waals surface area (Å²) in [5.74, 6) is -1.48. The summed E-state index contributed by atoms with van der Waals surface area (Å²) < 4.78 is 33.3. The second-order valence-electron chi connectivity index (χ2n) is 7.15. The molecule has 4 aromatic carbocycles. The smallest absolute Gasteiger partial charge is 0.310 e. The zero-order chi connectivity index (χ0) is 20.1. The first-order valence-corrected chi connectivity index (χ1v) is 10.7. The molecule has 28 heavy (non-hydrogen) atoms. The third-order valence-corrected chi connectivity index (χ3v) is 6.37. The van der Waals surface area contributed by atoms with E-state index < -0.39 is 22.0 Å². The number of unbranched alkanes of at least 4 members (excludes halogenated alkanes) is 1. The third-order valence-electron chi connectivity index (χ3n) is 5.46. The van der Waals surface area contributed by atoms with Crippen molar-refractivity contribution in [3.05, 3.63) is 54.1 Å². The average molecular weight is 396 g/mol. The summed E-state index contributed by atoms with van der Waals surface area (Å²) in [5.41, 5.74) is 0.736. The maximum atomic E-state index is 11.9. The van der Waals surface area contributed by atoms with Crippen molar-refractivity contribution < 1.29 is 22.9 Å². The molecule has 4 aromatic rings. The SMILES string of the molecule is CCCCC(C(=O)O)c1ccc2ccc3c(S(=O)(=O)O)ccc4ccc1c2c43. The normalized spacial score (nSPS) is 13.5. The van der Waals surface area contributed by atoms with E-state index in [0.717, 1.165) is 45.3 Å². The van der Waals surface area contributed by atoms with E-state index in [-0.39, 0.29) is 4.90 Å². The van der Waals surface area contributed by atoms with E-state index in [1.165, 1.54) is 6.07 Å². The lowest BCUT2D eigenvalue weighted by molar-refractivity contribution is -0.139. The van der Waals surface area contributed by atoms with Crippen molar-refractivity contribution in [1.29, 1.82) is 0 Å². The minimum Gasteiger partial charge on any atom is -0.481 e. The third kappa shape index (κ3) is 2.89. The second kappa shape index (κ2) is 6.72. The maximum Gasteiger partial charge on any atom is 0.310 e. The van der Waals surface area contributed by atoms with Crippen LogP contribution in [0.15, 0.2) is 53.4 Å². The standard InChI is InChI=1S/C22H20O5S/c1-2-3-4-17(22(23)24)15-9-5-13-7-11-18-19(28(25,26)27)12-8-14-6-10-16(15)20(13)21(14)18/h5-12,17H,2-4H2,1H3,(H,23,24)(H,25,26,27). The van der Waals surface area contributed by atoms with Crippen molar-refractivity contribution >= 4 is 48.4 Å². The molecule has 0 saturated carbocycles. The minimum absolute atomic E-state index is 0.138.